The smallest absolute Gasteiger partial charge is 0.335 e. The van der Waals surface area contributed by atoms with E-state index in [4.69, 9.17) is 14.2 Å². The first kappa shape index (κ1) is 33.4. The summed E-state index contributed by atoms with van der Waals surface area (Å²) >= 11 is 0. The quantitative estimate of drug-likeness (QED) is 0.127. The predicted molar refractivity (Wildman–Crippen MR) is 186 cm³/mol. The number of rotatable bonds is 15. The summed E-state index contributed by atoms with van der Waals surface area (Å²) in [7, 11) is 3.77. The molecular weight excluding hydrogens is 570 g/mol. The zero-order valence-electron chi connectivity index (χ0n) is 28.0. The Morgan fingerprint density at radius 1 is 0.826 bits per heavy atom. The molecule has 0 saturated heterocycles. The van der Waals surface area contributed by atoms with Gasteiger partial charge in [-0.05, 0) is 103 Å². The van der Waals surface area contributed by atoms with E-state index >= 15 is 0 Å². The number of hydrogen-bond donors (Lipinski definition) is 0. The summed E-state index contributed by atoms with van der Waals surface area (Å²) in [5.41, 5.74) is 11.1. The standard InChI is InChI=1S/C41H49NO4/c1-5-11-31-17-21-34-22-25-36-33(20-16-30-12-8-7-9-13-30)14-10-15-37(36)40(38(34)28-31)42(3)26-27-46-35-23-18-32(19-24-35)29-39(44-4)41(43)45-6-2/h7-10,12-15,17-19,21,23-24,28,39-40H,5-6,11,16,20,22,25-27,29H2,1-4H3. The maximum atomic E-state index is 12.1. The van der Waals surface area contributed by atoms with Crippen molar-refractivity contribution in [2.45, 2.75) is 70.9 Å². The minimum Gasteiger partial charge on any atom is -0.492 e. The van der Waals surface area contributed by atoms with Crippen LogP contribution in [0.4, 0.5) is 0 Å². The Morgan fingerprint density at radius 2 is 1.61 bits per heavy atom. The lowest BCUT2D eigenvalue weighted by Gasteiger charge is -2.31. The van der Waals surface area contributed by atoms with E-state index in [9.17, 15) is 4.79 Å². The number of carbonyl (C=O) groups is 1. The average molecular weight is 620 g/mol. The molecule has 46 heavy (non-hydrogen) atoms. The highest BCUT2D eigenvalue weighted by Gasteiger charge is 2.28. The Morgan fingerprint density at radius 3 is 2.35 bits per heavy atom. The Labute approximate surface area is 275 Å². The molecule has 4 aromatic carbocycles. The van der Waals surface area contributed by atoms with Crippen LogP contribution in [-0.4, -0.2) is 50.9 Å². The monoisotopic (exact) mass is 619 g/mol. The van der Waals surface area contributed by atoms with Crippen molar-refractivity contribution in [2.24, 2.45) is 0 Å². The van der Waals surface area contributed by atoms with Gasteiger partial charge in [0.1, 0.15) is 12.4 Å². The summed E-state index contributed by atoms with van der Waals surface area (Å²) < 4.78 is 16.7. The van der Waals surface area contributed by atoms with Crippen molar-refractivity contribution in [3.63, 3.8) is 0 Å². The second kappa shape index (κ2) is 16.6. The van der Waals surface area contributed by atoms with Gasteiger partial charge in [0, 0.05) is 20.1 Å². The molecule has 0 spiro atoms. The number of methoxy groups -OCH3 is 1. The second-order valence-corrected chi connectivity index (χ2v) is 12.3. The SMILES string of the molecule is CCCc1ccc2c(c1)C(N(C)CCOc1ccc(CC(OC)C(=O)OCC)cc1)c1cccc(CCc3ccccc3)c1CC2. The highest BCUT2D eigenvalue weighted by Crippen LogP contribution is 2.38. The van der Waals surface area contributed by atoms with Crippen LogP contribution in [0.1, 0.15) is 70.8 Å². The number of ether oxygens (including phenoxy) is 3. The number of nitrogens with zero attached hydrogens (tertiary/aromatic N) is 1. The third kappa shape index (κ3) is 8.45. The molecule has 0 saturated carbocycles. The van der Waals surface area contributed by atoms with Gasteiger partial charge in [0.15, 0.2) is 6.10 Å². The first-order valence-electron chi connectivity index (χ1n) is 16.9. The summed E-state index contributed by atoms with van der Waals surface area (Å²) in [4.78, 5) is 14.6. The largest absolute Gasteiger partial charge is 0.492 e. The van der Waals surface area contributed by atoms with Gasteiger partial charge in [-0.25, -0.2) is 4.79 Å². The van der Waals surface area contributed by atoms with Crippen molar-refractivity contribution in [2.75, 3.05) is 33.9 Å². The lowest BCUT2D eigenvalue weighted by Crippen LogP contribution is -2.30. The first-order valence-corrected chi connectivity index (χ1v) is 16.9. The van der Waals surface area contributed by atoms with Gasteiger partial charge >= 0.3 is 5.97 Å². The third-order valence-electron chi connectivity index (χ3n) is 9.15. The Hall–Kier alpha value is -3.93. The van der Waals surface area contributed by atoms with Crippen LogP contribution >= 0.6 is 0 Å². The van der Waals surface area contributed by atoms with Crippen LogP contribution in [0.25, 0.3) is 0 Å². The fourth-order valence-corrected chi connectivity index (χ4v) is 6.72. The van der Waals surface area contributed by atoms with Gasteiger partial charge in [0.05, 0.1) is 12.6 Å². The Kier molecular flexibility index (Phi) is 12.0. The molecule has 0 heterocycles. The number of fused-ring (bicyclic) bond motifs is 2. The van der Waals surface area contributed by atoms with Gasteiger partial charge < -0.3 is 14.2 Å². The van der Waals surface area contributed by atoms with Gasteiger partial charge in [0.25, 0.3) is 0 Å². The van der Waals surface area contributed by atoms with Gasteiger partial charge in [0.2, 0.25) is 0 Å². The van der Waals surface area contributed by atoms with Crippen molar-refractivity contribution in [1.82, 2.24) is 4.90 Å². The molecule has 2 unspecified atom stereocenters. The van der Waals surface area contributed by atoms with E-state index in [-0.39, 0.29) is 12.0 Å². The van der Waals surface area contributed by atoms with E-state index in [2.05, 4.69) is 85.6 Å². The number of aryl methyl sites for hydroxylation is 4. The average Bonchev–Trinajstić information content (AvgIpc) is 3.24. The minimum absolute atomic E-state index is 0.167. The summed E-state index contributed by atoms with van der Waals surface area (Å²) in [5, 5.41) is 0. The number of benzene rings is 4. The highest BCUT2D eigenvalue weighted by atomic mass is 16.6. The van der Waals surface area contributed by atoms with E-state index < -0.39 is 6.10 Å². The molecule has 0 aromatic heterocycles. The molecule has 0 amide bonds. The number of esters is 1. The Bertz CT molecular complexity index is 1550. The van der Waals surface area contributed by atoms with E-state index in [0.717, 1.165) is 56.4 Å². The number of hydrogen-bond acceptors (Lipinski definition) is 5. The molecule has 0 fully saturated rings. The molecule has 0 bridgehead atoms. The van der Waals surface area contributed by atoms with Crippen molar-refractivity contribution in [1.29, 1.82) is 0 Å². The van der Waals surface area contributed by atoms with Gasteiger partial charge in [-0.15, -0.1) is 0 Å². The number of likely N-dealkylation sites (N-methyl/N-ethyl adjacent to an activating group) is 1. The minimum atomic E-state index is -0.609. The van der Waals surface area contributed by atoms with Gasteiger partial charge in [-0.1, -0.05) is 92.2 Å². The van der Waals surface area contributed by atoms with Crippen LogP contribution in [0.2, 0.25) is 0 Å². The molecule has 4 aromatic rings. The molecule has 1 aliphatic rings. The fraction of sp³-hybridized carbons (Fsp3) is 0.390. The fourth-order valence-electron chi connectivity index (χ4n) is 6.72. The summed E-state index contributed by atoms with van der Waals surface area (Å²) in [5.74, 6) is 0.484. The maximum Gasteiger partial charge on any atom is 0.335 e. The van der Waals surface area contributed by atoms with Crippen molar-refractivity contribution < 1.29 is 19.0 Å². The topological polar surface area (TPSA) is 48.0 Å². The van der Waals surface area contributed by atoms with Crippen LogP contribution in [0.15, 0.2) is 91.0 Å². The molecule has 0 aliphatic heterocycles. The van der Waals surface area contributed by atoms with Crippen LogP contribution in [0.3, 0.4) is 0 Å². The first-order chi connectivity index (χ1) is 22.5. The zero-order chi connectivity index (χ0) is 32.3. The zero-order valence-corrected chi connectivity index (χ0v) is 28.0. The van der Waals surface area contributed by atoms with Crippen LogP contribution in [0, 0.1) is 0 Å². The molecule has 5 rings (SSSR count). The Balaban J connectivity index is 1.32. The number of carbonyl (C=O) groups excluding carboxylic acids is 1. The lowest BCUT2D eigenvalue weighted by atomic mass is 9.88. The molecule has 0 N–H and O–H groups in total. The van der Waals surface area contributed by atoms with Crippen LogP contribution in [-0.2, 0) is 52.8 Å². The van der Waals surface area contributed by atoms with E-state index in [0.29, 0.717) is 19.6 Å². The van der Waals surface area contributed by atoms with Gasteiger partial charge in [-0.3, -0.25) is 4.90 Å². The molecular formula is C41H49NO4. The van der Waals surface area contributed by atoms with Crippen LogP contribution < -0.4 is 4.74 Å². The van der Waals surface area contributed by atoms with Gasteiger partial charge in [-0.2, -0.15) is 0 Å². The van der Waals surface area contributed by atoms with Crippen molar-refractivity contribution in [3.8, 4) is 5.75 Å². The molecule has 5 nitrogen and oxygen atoms in total. The lowest BCUT2D eigenvalue weighted by molar-refractivity contribution is -0.154. The van der Waals surface area contributed by atoms with E-state index in [1.54, 1.807) is 6.92 Å². The highest BCUT2D eigenvalue weighted by molar-refractivity contribution is 5.75. The predicted octanol–water partition coefficient (Wildman–Crippen LogP) is 7.74. The summed E-state index contributed by atoms with van der Waals surface area (Å²) in [6.45, 7) is 5.75. The summed E-state index contributed by atoms with van der Waals surface area (Å²) in [6.07, 6.45) is 6.31. The molecule has 2 atom stereocenters. The third-order valence-corrected chi connectivity index (χ3v) is 9.15. The van der Waals surface area contributed by atoms with E-state index in [1.165, 1.54) is 46.1 Å². The molecule has 242 valence electrons. The van der Waals surface area contributed by atoms with Crippen molar-refractivity contribution in [3.05, 3.63) is 136 Å². The molecule has 1 aliphatic carbocycles. The maximum absolute atomic E-state index is 12.1. The molecule has 0 radical (unpaired) electrons. The second-order valence-electron chi connectivity index (χ2n) is 12.3. The van der Waals surface area contributed by atoms with E-state index in [1.807, 2.05) is 24.3 Å². The van der Waals surface area contributed by atoms with Crippen molar-refractivity contribution >= 4 is 5.97 Å². The normalized spacial score (nSPS) is 14.7. The summed E-state index contributed by atoms with van der Waals surface area (Å²) in [6, 6.07) is 33.1. The molecule has 5 heteroatoms. The van der Waals surface area contributed by atoms with Crippen LogP contribution in [0.5, 0.6) is 5.75 Å².